The molecule has 3 rings (SSSR count). The molecular formula is C28H29BrF3N3O2S. The summed E-state index contributed by atoms with van der Waals surface area (Å²) in [5.74, 6) is 0.137. The number of hydrogen-bond acceptors (Lipinski definition) is 6. The van der Waals surface area contributed by atoms with Crippen molar-refractivity contribution >= 4 is 44.5 Å². The average Bonchev–Trinajstić information content (AvgIpc) is 2.90. The van der Waals surface area contributed by atoms with E-state index in [-0.39, 0.29) is 17.9 Å². The van der Waals surface area contributed by atoms with Gasteiger partial charge in [0.25, 0.3) is 0 Å². The van der Waals surface area contributed by atoms with Gasteiger partial charge in [-0.1, -0.05) is 58.7 Å². The number of alkyl halides is 4. The van der Waals surface area contributed by atoms with Crippen LogP contribution in [0.15, 0.2) is 64.8 Å². The van der Waals surface area contributed by atoms with Crippen molar-refractivity contribution in [2.24, 2.45) is 4.99 Å². The Kier molecular flexibility index (Phi) is 10.9. The molecule has 10 heteroatoms. The lowest BCUT2D eigenvalue weighted by atomic mass is 9.95. The highest BCUT2D eigenvalue weighted by molar-refractivity contribution is 9.09. The summed E-state index contributed by atoms with van der Waals surface area (Å²) in [6.45, 7) is 3.53. The summed E-state index contributed by atoms with van der Waals surface area (Å²) in [7, 11) is 0. The van der Waals surface area contributed by atoms with Crippen LogP contribution in [-0.4, -0.2) is 28.8 Å². The van der Waals surface area contributed by atoms with Gasteiger partial charge in [-0.05, 0) is 62.6 Å². The number of carbonyl (C=O) groups is 1. The van der Waals surface area contributed by atoms with Crippen LogP contribution < -0.4 is 4.90 Å². The van der Waals surface area contributed by atoms with Gasteiger partial charge in [0.1, 0.15) is 6.04 Å². The maximum Gasteiger partial charge on any atom is 0.416 e. The fourth-order valence-corrected chi connectivity index (χ4v) is 5.56. The lowest BCUT2D eigenvalue weighted by Crippen LogP contribution is -2.35. The minimum Gasteiger partial charge on any atom is -0.463 e. The Morgan fingerprint density at radius 1 is 1.16 bits per heavy atom. The highest BCUT2D eigenvalue weighted by Gasteiger charge is 2.36. The molecule has 0 fully saturated rings. The second-order valence-electron chi connectivity index (χ2n) is 8.60. The van der Waals surface area contributed by atoms with Gasteiger partial charge in [-0.3, -0.25) is 4.90 Å². The third-order valence-electron chi connectivity index (χ3n) is 5.97. The molecule has 1 unspecified atom stereocenters. The molecule has 2 aromatic rings. The Morgan fingerprint density at radius 3 is 2.50 bits per heavy atom. The fourth-order valence-electron chi connectivity index (χ4n) is 4.08. The number of amidine groups is 1. The van der Waals surface area contributed by atoms with Crippen molar-refractivity contribution in [1.29, 1.82) is 5.26 Å². The summed E-state index contributed by atoms with van der Waals surface area (Å²) in [6, 6.07) is 13.2. The van der Waals surface area contributed by atoms with E-state index in [1.165, 1.54) is 17.8 Å². The summed E-state index contributed by atoms with van der Waals surface area (Å²) < 4.78 is 46.0. The molecule has 38 heavy (non-hydrogen) atoms. The Balaban J connectivity index is 2.09. The molecule has 202 valence electrons. The van der Waals surface area contributed by atoms with Crippen LogP contribution in [0, 0.1) is 11.3 Å². The van der Waals surface area contributed by atoms with E-state index >= 15 is 0 Å². The Morgan fingerprint density at radius 2 is 1.87 bits per heavy atom. The number of aliphatic imine (C=N–C) groups is 1. The zero-order chi connectivity index (χ0) is 27.7. The molecular weight excluding hydrogens is 579 g/mol. The first-order valence-electron chi connectivity index (χ1n) is 12.3. The minimum absolute atomic E-state index is 0.138. The first-order chi connectivity index (χ1) is 18.2. The number of halogens is 4. The molecule has 0 N–H and O–H groups in total. The van der Waals surface area contributed by atoms with Crippen molar-refractivity contribution in [2.75, 3.05) is 22.6 Å². The number of hydrogen-bond donors (Lipinski definition) is 0. The number of esters is 1. The van der Waals surface area contributed by atoms with Gasteiger partial charge in [-0.15, -0.1) is 0 Å². The van der Waals surface area contributed by atoms with E-state index in [0.717, 1.165) is 48.9 Å². The zero-order valence-corrected chi connectivity index (χ0v) is 23.6. The second-order valence-corrected chi connectivity index (χ2v) is 10.5. The molecule has 0 saturated heterocycles. The molecule has 1 aliphatic rings. The molecule has 0 bridgehead atoms. The number of carbonyl (C=O) groups excluding carboxylic acids is 1. The number of rotatable bonds is 10. The molecule has 5 nitrogen and oxygen atoms in total. The lowest BCUT2D eigenvalue weighted by molar-refractivity contribution is -0.139. The van der Waals surface area contributed by atoms with E-state index in [9.17, 15) is 23.2 Å². The summed E-state index contributed by atoms with van der Waals surface area (Å²) in [6.07, 6.45) is -0.416. The van der Waals surface area contributed by atoms with Crippen LogP contribution >= 0.6 is 27.7 Å². The van der Waals surface area contributed by atoms with E-state index < -0.39 is 23.8 Å². The standard InChI is InChI=1S/C28H29BrF3N3O2S/c1-3-37-26(36)24-19(2)35(23-10-8-9-22(17-23)28(30,31)32)27(38-16-7-5-4-6-15-29)34-25(24)21-13-11-20(18-33)12-14-21/h8-14,17,25H,3-7,15-16H2,1-2H3. The van der Waals surface area contributed by atoms with Gasteiger partial charge in [0.15, 0.2) is 5.17 Å². The maximum atomic E-state index is 13.6. The van der Waals surface area contributed by atoms with Crippen LogP contribution in [0.25, 0.3) is 0 Å². The van der Waals surface area contributed by atoms with E-state index in [0.29, 0.717) is 22.0 Å². The van der Waals surface area contributed by atoms with Gasteiger partial charge >= 0.3 is 12.1 Å². The number of ether oxygens (including phenoxy) is 1. The number of unbranched alkanes of at least 4 members (excludes halogenated alkanes) is 3. The van der Waals surface area contributed by atoms with Crippen LogP contribution in [-0.2, 0) is 15.7 Å². The normalized spacial score (nSPS) is 15.8. The van der Waals surface area contributed by atoms with Gasteiger partial charge in [0.2, 0.25) is 0 Å². The predicted molar refractivity (Wildman–Crippen MR) is 149 cm³/mol. The second kappa shape index (κ2) is 13.9. The van der Waals surface area contributed by atoms with Crippen molar-refractivity contribution < 1.29 is 22.7 Å². The molecule has 0 amide bonds. The lowest BCUT2D eigenvalue weighted by Gasteiger charge is -2.35. The fraction of sp³-hybridized carbons (Fsp3) is 0.393. The Hall–Kier alpha value is -2.77. The molecule has 0 saturated carbocycles. The molecule has 1 aliphatic heterocycles. The molecule has 0 spiro atoms. The summed E-state index contributed by atoms with van der Waals surface area (Å²) in [5, 5.41) is 10.6. The monoisotopic (exact) mass is 607 g/mol. The third-order valence-corrected chi connectivity index (χ3v) is 7.57. The van der Waals surface area contributed by atoms with Crippen LogP contribution in [0.1, 0.15) is 62.3 Å². The van der Waals surface area contributed by atoms with E-state index in [1.54, 1.807) is 49.1 Å². The van der Waals surface area contributed by atoms with Gasteiger partial charge in [0.05, 0.1) is 29.4 Å². The predicted octanol–water partition coefficient (Wildman–Crippen LogP) is 8.02. The van der Waals surface area contributed by atoms with Crippen LogP contribution in [0.4, 0.5) is 18.9 Å². The molecule has 2 aromatic carbocycles. The summed E-state index contributed by atoms with van der Waals surface area (Å²) in [4.78, 5) is 19.7. The van der Waals surface area contributed by atoms with Crippen molar-refractivity contribution in [2.45, 2.75) is 51.7 Å². The SMILES string of the molecule is CCOC(=O)C1=C(C)N(c2cccc(C(F)(F)F)c2)C(SCCCCCCBr)=NC1c1ccc(C#N)cc1. The van der Waals surface area contributed by atoms with E-state index in [2.05, 4.69) is 22.0 Å². The Bertz CT molecular complexity index is 1220. The van der Waals surface area contributed by atoms with E-state index in [4.69, 9.17) is 9.73 Å². The summed E-state index contributed by atoms with van der Waals surface area (Å²) in [5.41, 5.74) is 1.34. The number of allylic oxidation sites excluding steroid dienone is 1. The molecule has 1 atom stereocenters. The van der Waals surface area contributed by atoms with Crippen molar-refractivity contribution in [3.05, 3.63) is 76.5 Å². The molecule has 0 aliphatic carbocycles. The highest BCUT2D eigenvalue weighted by Crippen LogP contribution is 2.41. The van der Waals surface area contributed by atoms with Gasteiger partial charge in [-0.25, -0.2) is 9.79 Å². The summed E-state index contributed by atoms with van der Waals surface area (Å²) >= 11 is 4.89. The maximum absolute atomic E-state index is 13.6. The first-order valence-corrected chi connectivity index (χ1v) is 14.4. The first kappa shape index (κ1) is 29.8. The smallest absolute Gasteiger partial charge is 0.416 e. The average molecular weight is 609 g/mol. The molecule has 0 radical (unpaired) electrons. The Labute approximate surface area is 233 Å². The number of anilines is 1. The number of benzene rings is 2. The van der Waals surface area contributed by atoms with Crippen molar-refractivity contribution in [1.82, 2.24) is 0 Å². The van der Waals surface area contributed by atoms with Crippen LogP contribution in [0.3, 0.4) is 0 Å². The number of nitriles is 1. The van der Waals surface area contributed by atoms with Crippen LogP contribution in [0.5, 0.6) is 0 Å². The van der Waals surface area contributed by atoms with Crippen molar-refractivity contribution in [3.63, 3.8) is 0 Å². The number of thioether (sulfide) groups is 1. The highest BCUT2D eigenvalue weighted by atomic mass is 79.9. The number of nitrogens with zero attached hydrogens (tertiary/aromatic N) is 3. The molecule has 1 heterocycles. The van der Waals surface area contributed by atoms with Gasteiger partial charge in [-0.2, -0.15) is 18.4 Å². The minimum atomic E-state index is -4.52. The zero-order valence-electron chi connectivity index (χ0n) is 21.2. The van der Waals surface area contributed by atoms with E-state index in [1.807, 2.05) is 0 Å². The third kappa shape index (κ3) is 7.41. The molecule has 0 aromatic heterocycles. The topological polar surface area (TPSA) is 65.7 Å². The largest absolute Gasteiger partial charge is 0.463 e. The van der Waals surface area contributed by atoms with Crippen LogP contribution in [0.2, 0.25) is 0 Å². The van der Waals surface area contributed by atoms with Crippen molar-refractivity contribution in [3.8, 4) is 6.07 Å². The van der Waals surface area contributed by atoms with Gasteiger partial charge < -0.3 is 4.74 Å². The quantitative estimate of drug-likeness (QED) is 0.155. The van der Waals surface area contributed by atoms with Gasteiger partial charge in [0, 0.05) is 22.5 Å².